The molecule has 1 aromatic heterocycles. The third-order valence-corrected chi connectivity index (χ3v) is 3.22. The van der Waals surface area contributed by atoms with E-state index in [0.717, 1.165) is 29.7 Å². The van der Waals surface area contributed by atoms with Crippen LogP contribution in [0.3, 0.4) is 0 Å². The van der Waals surface area contributed by atoms with Crippen molar-refractivity contribution in [3.05, 3.63) is 72.1 Å². The normalized spacial score (nSPS) is 11.3. The van der Waals surface area contributed by atoms with Crippen molar-refractivity contribution in [2.24, 2.45) is 0 Å². The Kier molecular flexibility index (Phi) is 5.71. The van der Waals surface area contributed by atoms with Crippen molar-refractivity contribution >= 4 is 11.5 Å². The molecule has 0 aliphatic carbocycles. The van der Waals surface area contributed by atoms with Crippen LogP contribution >= 0.6 is 0 Å². The zero-order valence-electron chi connectivity index (χ0n) is 11.9. The third-order valence-electron chi connectivity index (χ3n) is 3.22. The average Bonchev–Trinajstić information content (AvgIpc) is 2.52. The van der Waals surface area contributed by atoms with E-state index in [1.165, 1.54) is 0 Å². The minimum atomic E-state index is -0.730. The lowest BCUT2D eigenvalue weighted by molar-refractivity contribution is -0.137. The van der Waals surface area contributed by atoms with Gasteiger partial charge in [-0.3, -0.25) is 9.78 Å². The Bertz CT molecular complexity index is 550. The predicted octanol–water partition coefficient (Wildman–Crippen LogP) is 4.16. The molecule has 21 heavy (non-hydrogen) atoms. The summed E-state index contributed by atoms with van der Waals surface area (Å²) in [5.41, 5.74) is 3.18. The Morgan fingerprint density at radius 2 is 1.81 bits per heavy atom. The van der Waals surface area contributed by atoms with Gasteiger partial charge in [-0.15, -0.1) is 0 Å². The van der Waals surface area contributed by atoms with E-state index in [2.05, 4.69) is 23.2 Å². The molecule has 0 atom stereocenters. The molecule has 1 aromatic carbocycles. The van der Waals surface area contributed by atoms with Gasteiger partial charge in [0.1, 0.15) is 0 Å². The molecule has 1 N–H and O–H groups in total. The molecular weight excluding hydrogens is 262 g/mol. The van der Waals surface area contributed by atoms with Crippen LogP contribution < -0.4 is 0 Å². The van der Waals surface area contributed by atoms with Gasteiger partial charge in [0.15, 0.2) is 0 Å². The Morgan fingerprint density at radius 3 is 2.48 bits per heavy atom. The third kappa shape index (κ3) is 4.88. The summed E-state index contributed by atoms with van der Waals surface area (Å²) in [5, 5.41) is 8.65. The highest BCUT2D eigenvalue weighted by atomic mass is 16.4. The first-order valence-corrected chi connectivity index (χ1v) is 7.16. The topological polar surface area (TPSA) is 50.2 Å². The summed E-state index contributed by atoms with van der Waals surface area (Å²) in [6, 6.07) is 16.0. The molecule has 0 spiro atoms. The van der Waals surface area contributed by atoms with Crippen molar-refractivity contribution in [2.45, 2.75) is 25.7 Å². The number of benzene rings is 1. The van der Waals surface area contributed by atoms with E-state index in [-0.39, 0.29) is 6.42 Å². The summed E-state index contributed by atoms with van der Waals surface area (Å²) < 4.78 is 0. The number of nitrogens with zero attached hydrogens (tertiary/aromatic N) is 1. The van der Waals surface area contributed by atoms with E-state index in [1.54, 1.807) is 6.20 Å². The highest BCUT2D eigenvalue weighted by Gasteiger charge is 2.05. The molecule has 0 unspecified atom stereocenters. The second-order valence-electron chi connectivity index (χ2n) is 4.84. The van der Waals surface area contributed by atoms with Crippen LogP contribution in [0.2, 0.25) is 0 Å². The maximum absolute atomic E-state index is 10.5. The second-order valence-corrected chi connectivity index (χ2v) is 4.84. The van der Waals surface area contributed by atoms with Crippen LogP contribution in [0.25, 0.3) is 5.57 Å². The molecule has 0 saturated heterocycles. The van der Waals surface area contributed by atoms with Gasteiger partial charge >= 0.3 is 5.97 Å². The molecule has 0 saturated carbocycles. The molecular formula is C18H19NO2. The van der Waals surface area contributed by atoms with Crippen LogP contribution in [-0.4, -0.2) is 16.1 Å². The summed E-state index contributed by atoms with van der Waals surface area (Å²) >= 11 is 0. The van der Waals surface area contributed by atoms with Gasteiger partial charge in [0.05, 0.1) is 5.69 Å². The van der Waals surface area contributed by atoms with Crippen LogP contribution in [0.1, 0.15) is 36.9 Å². The number of carbonyl (C=O) groups is 1. The van der Waals surface area contributed by atoms with Gasteiger partial charge in [-0.2, -0.15) is 0 Å². The highest BCUT2D eigenvalue weighted by molar-refractivity contribution is 5.77. The van der Waals surface area contributed by atoms with E-state index in [9.17, 15) is 4.79 Å². The molecule has 1 heterocycles. The summed E-state index contributed by atoms with van der Waals surface area (Å²) in [6.07, 6.45) is 6.60. The maximum Gasteiger partial charge on any atom is 0.303 e. The Balaban J connectivity index is 2.11. The van der Waals surface area contributed by atoms with Crippen molar-refractivity contribution in [3.63, 3.8) is 0 Å². The Labute approximate surface area is 125 Å². The maximum atomic E-state index is 10.5. The van der Waals surface area contributed by atoms with Gasteiger partial charge in [-0.25, -0.2) is 0 Å². The number of aromatic nitrogens is 1. The molecule has 0 amide bonds. The lowest BCUT2D eigenvalue weighted by Gasteiger charge is -2.07. The molecule has 2 aromatic rings. The number of carboxylic acids is 1. The number of aliphatic carboxylic acids is 1. The van der Waals surface area contributed by atoms with E-state index in [1.807, 2.05) is 36.4 Å². The monoisotopic (exact) mass is 281 g/mol. The SMILES string of the molecule is O=C(O)CCCC/C=C(/c1ccccc1)c1ccccn1. The summed E-state index contributed by atoms with van der Waals surface area (Å²) in [7, 11) is 0. The van der Waals surface area contributed by atoms with Gasteiger partial charge in [-0.1, -0.05) is 42.5 Å². The molecule has 3 nitrogen and oxygen atoms in total. The van der Waals surface area contributed by atoms with Crippen LogP contribution in [-0.2, 0) is 4.79 Å². The first-order valence-electron chi connectivity index (χ1n) is 7.16. The number of unbranched alkanes of at least 4 members (excludes halogenated alkanes) is 2. The smallest absolute Gasteiger partial charge is 0.303 e. The fraction of sp³-hybridized carbons (Fsp3) is 0.222. The quantitative estimate of drug-likeness (QED) is 0.775. The van der Waals surface area contributed by atoms with E-state index >= 15 is 0 Å². The van der Waals surface area contributed by atoms with Crippen molar-refractivity contribution in [3.8, 4) is 0 Å². The average molecular weight is 281 g/mol. The lowest BCUT2D eigenvalue weighted by Crippen LogP contribution is -1.94. The van der Waals surface area contributed by atoms with Crippen molar-refractivity contribution in [1.29, 1.82) is 0 Å². The number of carboxylic acid groups (broad SMARTS) is 1. The first-order chi connectivity index (χ1) is 10.3. The fourth-order valence-electron chi connectivity index (χ4n) is 2.18. The molecule has 3 heteroatoms. The highest BCUT2D eigenvalue weighted by Crippen LogP contribution is 2.22. The van der Waals surface area contributed by atoms with E-state index in [0.29, 0.717) is 6.42 Å². The van der Waals surface area contributed by atoms with Crippen LogP contribution in [0.15, 0.2) is 60.8 Å². The van der Waals surface area contributed by atoms with Crippen LogP contribution in [0.5, 0.6) is 0 Å². The fourth-order valence-corrected chi connectivity index (χ4v) is 2.18. The first kappa shape index (κ1) is 15.0. The van der Waals surface area contributed by atoms with Crippen molar-refractivity contribution in [2.75, 3.05) is 0 Å². The van der Waals surface area contributed by atoms with E-state index in [4.69, 9.17) is 5.11 Å². The molecule has 0 aliphatic heterocycles. The summed E-state index contributed by atoms with van der Waals surface area (Å²) in [4.78, 5) is 14.9. The van der Waals surface area contributed by atoms with Crippen molar-refractivity contribution < 1.29 is 9.90 Å². The van der Waals surface area contributed by atoms with Gasteiger partial charge in [-0.05, 0) is 37.0 Å². The molecule has 0 aliphatic rings. The summed E-state index contributed by atoms with van der Waals surface area (Å²) in [6.45, 7) is 0. The Hall–Kier alpha value is -2.42. The standard InChI is InChI=1S/C18H19NO2/c20-18(21)13-6-2-5-11-16(15-9-3-1-4-10-15)17-12-7-8-14-19-17/h1,3-4,7-12,14H,2,5-6,13H2,(H,20,21)/b16-11-. The number of rotatable bonds is 7. The minimum absolute atomic E-state index is 0.234. The van der Waals surface area contributed by atoms with Crippen LogP contribution in [0.4, 0.5) is 0 Å². The molecule has 108 valence electrons. The second kappa shape index (κ2) is 8.00. The number of hydrogen-bond donors (Lipinski definition) is 1. The summed E-state index contributed by atoms with van der Waals surface area (Å²) in [5.74, 6) is -0.730. The zero-order chi connectivity index (χ0) is 14.9. The minimum Gasteiger partial charge on any atom is -0.481 e. The van der Waals surface area contributed by atoms with Gasteiger partial charge < -0.3 is 5.11 Å². The molecule has 0 fully saturated rings. The Morgan fingerprint density at radius 1 is 1.05 bits per heavy atom. The largest absolute Gasteiger partial charge is 0.481 e. The predicted molar refractivity (Wildman–Crippen MR) is 83.9 cm³/mol. The molecule has 2 rings (SSSR count). The number of pyridine rings is 1. The zero-order valence-corrected chi connectivity index (χ0v) is 11.9. The van der Waals surface area contributed by atoms with Crippen molar-refractivity contribution in [1.82, 2.24) is 4.98 Å². The lowest BCUT2D eigenvalue weighted by atomic mass is 10.00. The van der Waals surface area contributed by atoms with E-state index < -0.39 is 5.97 Å². The molecule has 0 bridgehead atoms. The van der Waals surface area contributed by atoms with Crippen LogP contribution in [0, 0.1) is 0 Å². The van der Waals surface area contributed by atoms with Gasteiger partial charge in [0, 0.05) is 18.2 Å². The molecule has 0 radical (unpaired) electrons. The van der Waals surface area contributed by atoms with Gasteiger partial charge in [0.2, 0.25) is 0 Å². The number of allylic oxidation sites excluding steroid dienone is 1. The van der Waals surface area contributed by atoms with Gasteiger partial charge in [0.25, 0.3) is 0 Å². The number of hydrogen-bond acceptors (Lipinski definition) is 2.